The number of aliphatic hydroxyl groups excluding tert-OH is 1. The normalized spacial score (nSPS) is 24.8. The van der Waals surface area contributed by atoms with E-state index in [1.54, 1.807) is 18.2 Å². The molecule has 0 spiro atoms. The maximum Gasteiger partial charge on any atom is 0.328 e. The number of hydrogen-bond acceptors (Lipinski definition) is 3. The fraction of sp³-hybridized carbons (Fsp3) is 0.600. The van der Waals surface area contributed by atoms with E-state index in [-0.39, 0.29) is 24.0 Å². The molecule has 4 nitrogen and oxygen atoms in total. The van der Waals surface area contributed by atoms with Crippen molar-refractivity contribution in [2.45, 2.75) is 64.4 Å². The Morgan fingerprint density at radius 3 is 2.46 bits per heavy atom. The van der Waals surface area contributed by atoms with Crippen LogP contribution in [0.2, 0.25) is 0 Å². The number of carboxylic acids is 1. The lowest BCUT2D eigenvalue weighted by atomic mass is 9.88. The third-order valence-electron chi connectivity index (χ3n) is 4.52. The van der Waals surface area contributed by atoms with Gasteiger partial charge in [0.05, 0.1) is 6.10 Å². The summed E-state index contributed by atoms with van der Waals surface area (Å²) in [5.41, 5.74) is 0. The van der Waals surface area contributed by atoms with E-state index in [1.165, 1.54) is 31.8 Å². The molecule has 0 aromatic heterocycles. The van der Waals surface area contributed by atoms with Crippen molar-refractivity contribution in [3.8, 4) is 0 Å². The molecule has 1 fully saturated rings. The lowest BCUT2D eigenvalue weighted by Gasteiger charge is -2.18. The molecule has 0 amide bonds. The highest BCUT2D eigenvalue weighted by molar-refractivity contribution is 5.86. The SMILES string of the molecule is CCCCCCCC[C@H]1[C@H](O)CC(=O)[C@@H]1C=CC=CC=CC(=O)O. The maximum atomic E-state index is 12.1. The molecule has 24 heavy (non-hydrogen) atoms. The van der Waals surface area contributed by atoms with E-state index in [0.29, 0.717) is 0 Å². The lowest BCUT2D eigenvalue weighted by Crippen LogP contribution is -2.19. The summed E-state index contributed by atoms with van der Waals surface area (Å²) in [6.45, 7) is 2.20. The van der Waals surface area contributed by atoms with Gasteiger partial charge < -0.3 is 10.2 Å². The number of hydrogen-bond donors (Lipinski definition) is 2. The minimum absolute atomic E-state index is 0.0166. The van der Waals surface area contributed by atoms with Crippen LogP contribution in [0, 0.1) is 11.8 Å². The molecule has 2 N–H and O–H groups in total. The fourth-order valence-electron chi connectivity index (χ4n) is 3.20. The summed E-state index contributed by atoms with van der Waals surface area (Å²) >= 11 is 0. The highest BCUT2D eigenvalue weighted by atomic mass is 16.4. The van der Waals surface area contributed by atoms with Gasteiger partial charge in [-0.25, -0.2) is 4.79 Å². The molecule has 1 aliphatic rings. The predicted molar refractivity (Wildman–Crippen MR) is 95.7 cm³/mol. The molecule has 1 rings (SSSR count). The molecule has 4 heteroatoms. The molecule has 0 heterocycles. The van der Waals surface area contributed by atoms with Gasteiger partial charge in [-0.15, -0.1) is 0 Å². The van der Waals surface area contributed by atoms with Crippen molar-refractivity contribution in [2.24, 2.45) is 11.8 Å². The topological polar surface area (TPSA) is 74.6 Å². The Kier molecular flexibility index (Phi) is 10.0. The van der Waals surface area contributed by atoms with Crippen LogP contribution in [0.1, 0.15) is 58.3 Å². The monoisotopic (exact) mass is 334 g/mol. The van der Waals surface area contributed by atoms with E-state index in [9.17, 15) is 14.7 Å². The number of aliphatic carboxylic acids is 1. The van der Waals surface area contributed by atoms with Gasteiger partial charge in [-0.3, -0.25) is 4.79 Å². The Morgan fingerprint density at radius 2 is 1.75 bits per heavy atom. The van der Waals surface area contributed by atoms with Gasteiger partial charge in [0.15, 0.2) is 0 Å². The number of unbranched alkanes of at least 4 members (excludes halogenated alkanes) is 5. The summed E-state index contributed by atoms with van der Waals surface area (Å²) in [5, 5.41) is 18.6. The largest absolute Gasteiger partial charge is 0.478 e. The van der Waals surface area contributed by atoms with E-state index in [0.717, 1.165) is 25.3 Å². The van der Waals surface area contributed by atoms with Crippen molar-refractivity contribution >= 4 is 11.8 Å². The van der Waals surface area contributed by atoms with Crippen LogP contribution in [0.5, 0.6) is 0 Å². The van der Waals surface area contributed by atoms with Gasteiger partial charge in [0.2, 0.25) is 0 Å². The van der Waals surface area contributed by atoms with Crippen LogP contribution in [-0.4, -0.2) is 28.1 Å². The van der Waals surface area contributed by atoms with Gasteiger partial charge in [0, 0.05) is 18.4 Å². The number of aliphatic hydroxyl groups is 1. The minimum Gasteiger partial charge on any atom is -0.478 e. The Bertz CT molecular complexity index is 476. The molecule has 0 aromatic carbocycles. The van der Waals surface area contributed by atoms with Crippen LogP contribution in [0.15, 0.2) is 36.5 Å². The number of carboxylic acid groups (broad SMARTS) is 1. The Hall–Kier alpha value is -1.68. The summed E-state index contributed by atoms with van der Waals surface area (Å²) in [6.07, 6.45) is 17.2. The average Bonchev–Trinajstić information content (AvgIpc) is 2.80. The summed E-state index contributed by atoms with van der Waals surface area (Å²) < 4.78 is 0. The molecule has 0 saturated heterocycles. The second kappa shape index (κ2) is 11.8. The first kappa shape index (κ1) is 20.4. The maximum absolute atomic E-state index is 12.1. The zero-order chi connectivity index (χ0) is 17.8. The number of Topliss-reactive ketones (excluding diaryl/α,β-unsaturated/α-hetero) is 1. The summed E-state index contributed by atoms with van der Waals surface area (Å²) in [6, 6.07) is 0. The Morgan fingerprint density at radius 1 is 1.08 bits per heavy atom. The summed E-state index contributed by atoms with van der Waals surface area (Å²) in [4.78, 5) is 22.4. The second-order valence-electron chi connectivity index (χ2n) is 6.45. The quantitative estimate of drug-likeness (QED) is 0.339. The van der Waals surface area contributed by atoms with Gasteiger partial charge in [0.1, 0.15) is 5.78 Å². The van der Waals surface area contributed by atoms with Crippen molar-refractivity contribution in [3.05, 3.63) is 36.5 Å². The van der Waals surface area contributed by atoms with Crippen molar-refractivity contribution in [2.75, 3.05) is 0 Å². The standard InChI is InChI=1S/C20H30O4/c1-2-3-4-5-6-9-12-16-17(19(22)15-18(16)21)13-10-7-8-11-14-20(23)24/h7-8,10-11,13-14,16-18,21H,2-6,9,12,15H2,1H3,(H,23,24)/t16-,17-,18-/m1/s1. The van der Waals surface area contributed by atoms with Gasteiger partial charge in [0.25, 0.3) is 0 Å². The molecule has 134 valence electrons. The van der Waals surface area contributed by atoms with Gasteiger partial charge in [-0.2, -0.15) is 0 Å². The molecular formula is C20H30O4. The number of ketones is 1. The molecule has 0 unspecified atom stereocenters. The molecule has 0 aromatic rings. The molecule has 1 aliphatic carbocycles. The molecule has 0 radical (unpaired) electrons. The zero-order valence-electron chi connectivity index (χ0n) is 14.6. The fourth-order valence-corrected chi connectivity index (χ4v) is 3.20. The summed E-state index contributed by atoms with van der Waals surface area (Å²) in [7, 11) is 0. The number of allylic oxidation sites excluding steroid dienone is 5. The van der Waals surface area contributed by atoms with Gasteiger partial charge in [-0.05, 0) is 12.3 Å². The zero-order valence-corrected chi connectivity index (χ0v) is 14.6. The van der Waals surface area contributed by atoms with E-state index in [1.807, 2.05) is 6.08 Å². The lowest BCUT2D eigenvalue weighted by molar-refractivity contribution is -0.131. The smallest absolute Gasteiger partial charge is 0.328 e. The van der Waals surface area contributed by atoms with Crippen molar-refractivity contribution in [3.63, 3.8) is 0 Å². The van der Waals surface area contributed by atoms with E-state index >= 15 is 0 Å². The molecular weight excluding hydrogens is 304 g/mol. The molecule has 1 saturated carbocycles. The molecule has 3 atom stereocenters. The van der Waals surface area contributed by atoms with Crippen LogP contribution in [0.25, 0.3) is 0 Å². The van der Waals surface area contributed by atoms with Crippen LogP contribution >= 0.6 is 0 Å². The Labute approximate surface area is 145 Å². The van der Waals surface area contributed by atoms with Crippen molar-refractivity contribution < 1.29 is 19.8 Å². The minimum atomic E-state index is -0.989. The first-order valence-corrected chi connectivity index (χ1v) is 9.01. The second-order valence-corrected chi connectivity index (χ2v) is 6.45. The van der Waals surface area contributed by atoms with Crippen molar-refractivity contribution in [1.29, 1.82) is 0 Å². The molecule has 0 bridgehead atoms. The third-order valence-corrected chi connectivity index (χ3v) is 4.52. The average molecular weight is 334 g/mol. The number of rotatable bonds is 11. The first-order valence-electron chi connectivity index (χ1n) is 9.01. The van der Waals surface area contributed by atoms with Crippen LogP contribution in [0.4, 0.5) is 0 Å². The van der Waals surface area contributed by atoms with Gasteiger partial charge >= 0.3 is 5.97 Å². The highest BCUT2D eigenvalue weighted by Crippen LogP contribution is 2.34. The van der Waals surface area contributed by atoms with Crippen LogP contribution in [0.3, 0.4) is 0 Å². The van der Waals surface area contributed by atoms with E-state index in [2.05, 4.69) is 6.92 Å². The Balaban J connectivity index is 2.44. The third kappa shape index (κ3) is 7.73. The molecule has 0 aliphatic heterocycles. The van der Waals surface area contributed by atoms with Crippen molar-refractivity contribution in [1.82, 2.24) is 0 Å². The van der Waals surface area contributed by atoms with Crippen LogP contribution in [-0.2, 0) is 9.59 Å². The van der Waals surface area contributed by atoms with E-state index < -0.39 is 12.1 Å². The predicted octanol–water partition coefficient (Wildman–Crippen LogP) is 4.06. The number of carbonyl (C=O) groups is 2. The van der Waals surface area contributed by atoms with E-state index in [4.69, 9.17) is 5.11 Å². The number of carbonyl (C=O) groups excluding carboxylic acids is 1. The first-order chi connectivity index (χ1) is 11.6. The highest BCUT2D eigenvalue weighted by Gasteiger charge is 2.39. The van der Waals surface area contributed by atoms with Crippen LogP contribution < -0.4 is 0 Å². The summed E-state index contributed by atoms with van der Waals surface area (Å²) in [5.74, 6) is -1.09. The van der Waals surface area contributed by atoms with Gasteiger partial charge in [-0.1, -0.05) is 75.8 Å².